The molecule has 21 heavy (non-hydrogen) atoms. The Morgan fingerprint density at radius 1 is 1.29 bits per heavy atom. The second-order valence-corrected chi connectivity index (χ2v) is 6.42. The molecule has 2 aliphatic rings. The summed E-state index contributed by atoms with van der Waals surface area (Å²) in [6.07, 6.45) is -1.88. The molecule has 2 nitrogen and oxygen atoms in total. The lowest BCUT2D eigenvalue weighted by Gasteiger charge is -2.41. The molecule has 1 heterocycles. The number of benzene rings is 1. The minimum Gasteiger partial charge on any atom is -0.365 e. The van der Waals surface area contributed by atoms with Gasteiger partial charge in [0.25, 0.3) is 0 Å². The Hall–Kier alpha value is -0.940. The molecule has 0 amide bonds. The molecule has 1 saturated heterocycles. The third kappa shape index (κ3) is 3.14. The van der Waals surface area contributed by atoms with E-state index in [1.165, 1.54) is 18.9 Å². The van der Waals surface area contributed by atoms with E-state index in [1.54, 1.807) is 0 Å². The monoisotopic (exact) mass is 318 g/mol. The molecule has 3 rings (SSSR count). The van der Waals surface area contributed by atoms with E-state index in [2.05, 4.69) is 17.1 Å². The van der Waals surface area contributed by atoms with E-state index in [1.807, 2.05) is 0 Å². The predicted octanol–water partition coefficient (Wildman–Crippen LogP) is 3.94. The number of hydrogen-bond donors (Lipinski definition) is 1. The summed E-state index contributed by atoms with van der Waals surface area (Å²) in [6.45, 7) is 3.69. The first kappa shape index (κ1) is 15.0. The molecule has 2 fully saturated rings. The number of anilines is 1. The maximum atomic E-state index is 12.7. The van der Waals surface area contributed by atoms with Crippen molar-refractivity contribution in [3.05, 3.63) is 28.8 Å². The summed E-state index contributed by atoms with van der Waals surface area (Å²) >= 11 is 6.11. The zero-order valence-corrected chi connectivity index (χ0v) is 12.5. The second-order valence-electron chi connectivity index (χ2n) is 6.02. The van der Waals surface area contributed by atoms with Crippen LogP contribution in [0, 0.1) is 5.92 Å². The normalized spacial score (nSPS) is 27.0. The first-order chi connectivity index (χ1) is 9.86. The van der Waals surface area contributed by atoms with Crippen molar-refractivity contribution >= 4 is 17.3 Å². The van der Waals surface area contributed by atoms with Gasteiger partial charge in [0, 0.05) is 25.2 Å². The Morgan fingerprint density at radius 2 is 2.00 bits per heavy atom. The van der Waals surface area contributed by atoms with Crippen LogP contribution in [-0.2, 0) is 6.18 Å². The van der Waals surface area contributed by atoms with Crippen LogP contribution in [-0.4, -0.2) is 25.2 Å². The maximum absolute atomic E-state index is 12.7. The van der Waals surface area contributed by atoms with E-state index in [0.29, 0.717) is 17.6 Å². The van der Waals surface area contributed by atoms with Crippen molar-refractivity contribution < 1.29 is 13.2 Å². The Balaban J connectivity index is 1.84. The number of nitrogens with one attached hydrogen (secondary N) is 1. The van der Waals surface area contributed by atoms with Crippen LogP contribution in [0.5, 0.6) is 0 Å². The van der Waals surface area contributed by atoms with Crippen molar-refractivity contribution in [2.45, 2.75) is 38.0 Å². The molecular formula is C15H18ClF3N2. The summed E-state index contributed by atoms with van der Waals surface area (Å²) < 4.78 is 38.1. The molecule has 1 aliphatic heterocycles. The topological polar surface area (TPSA) is 15.3 Å². The Labute approximate surface area is 127 Å². The van der Waals surface area contributed by atoms with Crippen molar-refractivity contribution in [2.24, 2.45) is 5.92 Å². The smallest absolute Gasteiger partial charge is 0.365 e. The summed E-state index contributed by atoms with van der Waals surface area (Å²) in [6, 6.07) is 4.27. The molecule has 6 heteroatoms. The fourth-order valence-electron chi connectivity index (χ4n) is 2.95. The molecule has 1 aromatic carbocycles. The molecule has 116 valence electrons. The molecule has 0 radical (unpaired) electrons. The SMILES string of the molecule is CC1CNC(C2CC2)CN1c1ccc(C(F)(F)F)cc1Cl. The number of halogens is 4. The molecule has 1 saturated carbocycles. The van der Waals surface area contributed by atoms with Gasteiger partial charge in [-0.25, -0.2) is 0 Å². The van der Waals surface area contributed by atoms with Gasteiger partial charge in [-0.1, -0.05) is 11.6 Å². The minimum absolute atomic E-state index is 0.174. The van der Waals surface area contributed by atoms with Crippen LogP contribution in [0.2, 0.25) is 5.02 Å². The van der Waals surface area contributed by atoms with Crippen LogP contribution in [0.4, 0.5) is 18.9 Å². The van der Waals surface area contributed by atoms with E-state index in [0.717, 1.165) is 25.2 Å². The highest BCUT2D eigenvalue weighted by molar-refractivity contribution is 6.33. The molecule has 1 aliphatic carbocycles. The lowest BCUT2D eigenvalue weighted by molar-refractivity contribution is -0.137. The zero-order chi connectivity index (χ0) is 15.2. The predicted molar refractivity (Wildman–Crippen MR) is 77.8 cm³/mol. The molecule has 2 unspecified atom stereocenters. The van der Waals surface area contributed by atoms with Crippen molar-refractivity contribution in [3.63, 3.8) is 0 Å². The van der Waals surface area contributed by atoms with Gasteiger partial charge >= 0.3 is 6.18 Å². The summed E-state index contributed by atoms with van der Waals surface area (Å²) in [5.41, 5.74) is 0.00194. The summed E-state index contributed by atoms with van der Waals surface area (Å²) in [5, 5.41) is 3.70. The average molecular weight is 319 g/mol. The van der Waals surface area contributed by atoms with E-state index in [4.69, 9.17) is 11.6 Å². The van der Waals surface area contributed by atoms with Gasteiger partial charge in [0.05, 0.1) is 16.3 Å². The van der Waals surface area contributed by atoms with Crippen LogP contribution in [0.15, 0.2) is 18.2 Å². The quantitative estimate of drug-likeness (QED) is 0.888. The fraction of sp³-hybridized carbons (Fsp3) is 0.600. The molecule has 1 aromatic rings. The van der Waals surface area contributed by atoms with Crippen molar-refractivity contribution in [1.82, 2.24) is 5.32 Å². The summed E-state index contributed by atoms with van der Waals surface area (Å²) in [4.78, 5) is 2.13. The third-order valence-corrected chi connectivity index (χ3v) is 4.68. The van der Waals surface area contributed by atoms with Crippen LogP contribution >= 0.6 is 11.6 Å². The average Bonchev–Trinajstić information content (AvgIpc) is 3.23. The number of alkyl halides is 3. The highest BCUT2D eigenvalue weighted by atomic mass is 35.5. The molecule has 0 spiro atoms. The number of hydrogen-bond acceptors (Lipinski definition) is 2. The van der Waals surface area contributed by atoms with Gasteiger partial charge in [-0.05, 0) is 43.9 Å². The molecule has 2 atom stereocenters. The van der Waals surface area contributed by atoms with E-state index >= 15 is 0 Å². The van der Waals surface area contributed by atoms with Crippen LogP contribution in [0.25, 0.3) is 0 Å². The van der Waals surface area contributed by atoms with E-state index in [-0.39, 0.29) is 11.1 Å². The van der Waals surface area contributed by atoms with Gasteiger partial charge < -0.3 is 10.2 Å². The van der Waals surface area contributed by atoms with E-state index in [9.17, 15) is 13.2 Å². The van der Waals surface area contributed by atoms with Gasteiger partial charge in [-0.3, -0.25) is 0 Å². The fourth-order valence-corrected chi connectivity index (χ4v) is 3.24. The maximum Gasteiger partial charge on any atom is 0.416 e. The van der Waals surface area contributed by atoms with Crippen LogP contribution in [0.1, 0.15) is 25.3 Å². The Kier molecular flexibility index (Phi) is 3.82. The van der Waals surface area contributed by atoms with Gasteiger partial charge in [-0.15, -0.1) is 0 Å². The zero-order valence-electron chi connectivity index (χ0n) is 11.8. The van der Waals surface area contributed by atoms with Gasteiger partial charge in [-0.2, -0.15) is 13.2 Å². The van der Waals surface area contributed by atoms with Crippen molar-refractivity contribution in [1.29, 1.82) is 0 Å². The highest BCUT2D eigenvalue weighted by Crippen LogP contribution is 2.38. The molecule has 0 bridgehead atoms. The van der Waals surface area contributed by atoms with Gasteiger partial charge in [0.15, 0.2) is 0 Å². The first-order valence-electron chi connectivity index (χ1n) is 7.23. The highest BCUT2D eigenvalue weighted by Gasteiger charge is 2.37. The number of piperazine rings is 1. The Morgan fingerprint density at radius 3 is 2.57 bits per heavy atom. The largest absolute Gasteiger partial charge is 0.416 e. The van der Waals surface area contributed by atoms with E-state index < -0.39 is 11.7 Å². The number of nitrogens with zero attached hydrogens (tertiary/aromatic N) is 1. The van der Waals surface area contributed by atoms with Crippen LogP contribution < -0.4 is 10.2 Å². The summed E-state index contributed by atoms with van der Waals surface area (Å²) in [5.74, 6) is 0.702. The van der Waals surface area contributed by atoms with Gasteiger partial charge in [0.1, 0.15) is 0 Å². The second kappa shape index (κ2) is 5.36. The first-order valence-corrected chi connectivity index (χ1v) is 7.61. The lowest BCUT2D eigenvalue weighted by atomic mass is 10.0. The van der Waals surface area contributed by atoms with Crippen molar-refractivity contribution in [3.8, 4) is 0 Å². The standard InChI is InChI=1S/C15H18ClF3N2/c1-9-7-20-13(10-2-3-10)8-21(9)14-5-4-11(6-12(14)16)15(17,18)19/h4-6,9-10,13,20H,2-3,7-8H2,1H3. The Bertz CT molecular complexity index is 528. The van der Waals surface area contributed by atoms with Crippen LogP contribution in [0.3, 0.4) is 0 Å². The molecule has 0 aromatic heterocycles. The lowest BCUT2D eigenvalue weighted by Crippen LogP contribution is -2.56. The van der Waals surface area contributed by atoms with Crippen molar-refractivity contribution in [2.75, 3.05) is 18.0 Å². The molecular weight excluding hydrogens is 301 g/mol. The number of rotatable bonds is 2. The van der Waals surface area contributed by atoms with Gasteiger partial charge in [0.2, 0.25) is 0 Å². The third-order valence-electron chi connectivity index (χ3n) is 4.38. The minimum atomic E-state index is -4.35. The summed E-state index contributed by atoms with van der Waals surface area (Å²) in [7, 11) is 0. The molecule has 1 N–H and O–H groups in total.